The minimum Gasteiger partial charge on any atom is -0.381 e. The van der Waals surface area contributed by atoms with E-state index < -0.39 is 0 Å². The van der Waals surface area contributed by atoms with Crippen LogP contribution in [0.1, 0.15) is 56.3 Å². The van der Waals surface area contributed by atoms with Crippen molar-refractivity contribution in [3.63, 3.8) is 0 Å². The number of anilines is 1. The third-order valence-corrected chi connectivity index (χ3v) is 6.09. The Kier molecular flexibility index (Phi) is 7.21. The summed E-state index contributed by atoms with van der Waals surface area (Å²) in [5.74, 6) is -0.384. The smallest absolute Gasteiger partial charge is 0.324 e. The van der Waals surface area contributed by atoms with E-state index in [-0.39, 0.29) is 24.0 Å². The summed E-state index contributed by atoms with van der Waals surface area (Å²) < 4.78 is 7.31. The summed E-state index contributed by atoms with van der Waals surface area (Å²) in [6.45, 7) is 7.13. The Morgan fingerprint density at radius 3 is 2.56 bits per heavy atom. The van der Waals surface area contributed by atoms with Crippen molar-refractivity contribution in [1.29, 1.82) is 0 Å². The van der Waals surface area contributed by atoms with Crippen molar-refractivity contribution in [2.45, 2.75) is 64.6 Å². The second-order valence-corrected chi connectivity index (χ2v) is 8.27. The number of carbonyl (C=O) groups excluding carboxylic acids is 2. The molecule has 1 amide bonds. The summed E-state index contributed by atoms with van der Waals surface area (Å²) in [6.07, 6.45) is 6.99. The molecule has 0 saturated carbocycles. The van der Waals surface area contributed by atoms with Gasteiger partial charge in [-0.25, -0.2) is 9.67 Å². The van der Waals surface area contributed by atoms with Gasteiger partial charge in [-0.05, 0) is 32.6 Å². The molecule has 0 atom stereocenters. The molecule has 32 heavy (non-hydrogen) atoms. The maximum atomic E-state index is 13.3. The molecule has 2 aliphatic heterocycles. The topological polar surface area (TPSA) is 111 Å². The molecule has 0 spiro atoms. The van der Waals surface area contributed by atoms with Crippen LogP contribution in [0, 0.1) is 0 Å². The lowest BCUT2D eigenvalue weighted by molar-refractivity contribution is -0.195. The molecule has 4 heterocycles. The SMILES string of the molecule is CCC(=O)ON1CCC(NC(=O)c2cnc3c(cnn3CC)c2NC2CCOCC2)CC1. The molecule has 2 aliphatic rings. The van der Waals surface area contributed by atoms with Crippen LogP contribution in [0.5, 0.6) is 0 Å². The maximum absolute atomic E-state index is 13.3. The van der Waals surface area contributed by atoms with E-state index in [1.165, 1.54) is 0 Å². The summed E-state index contributed by atoms with van der Waals surface area (Å²) in [5, 5.41) is 13.7. The average molecular weight is 445 g/mol. The fourth-order valence-corrected chi connectivity index (χ4v) is 4.19. The summed E-state index contributed by atoms with van der Waals surface area (Å²) in [6, 6.07) is 0.256. The Morgan fingerprint density at radius 2 is 1.88 bits per heavy atom. The van der Waals surface area contributed by atoms with Crippen LogP contribution < -0.4 is 10.6 Å². The molecule has 2 fully saturated rings. The van der Waals surface area contributed by atoms with Gasteiger partial charge in [-0.1, -0.05) is 6.92 Å². The number of nitrogens with one attached hydrogen (secondary N) is 2. The number of pyridine rings is 1. The first kappa shape index (κ1) is 22.5. The van der Waals surface area contributed by atoms with Crippen LogP contribution >= 0.6 is 0 Å². The first-order valence-corrected chi connectivity index (χ1v) is 11.5. The van der Waals surface area contributed by atoms with Crippen molar-refractivity contribution in [2.75, 3.05) is 31.6 Å². The minimum absolute atomic E-state index is 0.0177. The number of carbonyl (C=O) groups is 2. The molecule has 2 aromatic heterocycles. The monoisotopic (exact) mass is 444 g/mol. The van der Waals surface area contributed by atoms with Gasteiger partial charge in [-0.3, -0.25) is 9.59 Å². The van der Waals surface area contributed by atoms with Gasteiger partial charge in [-0.15, -0.1) is 5.06 Å². The molecule has 4 rings (SSSR count). The van der Waals surface area contributed by atoms with Crippen molar-refractivity contribution < 1.29 is 19.2 Å². The Morgan fingerprint density at radius 1 is 1.12 bits per heavy atom. The zero-order valence-electron chi connectivity index (χ0n) is 18.8. The predicted molar refractivity (Wildman–Crippen MR) is 119 cm³/mol. The van der Waals surface area contributed by atoms with E-state index in [0.717, 1.165) is 42.4 Å². The highest BCUT2D eigenvalue weighted by molar-refractivity contribution is 6.06. The molecule has 2 N–H and O–H groups in total. The highest BCUT2D eigenvalue weighted by Crippen LogP contribution is 2.28. The van der Waals surface area contributed by atoms with Gasteiger partial charge in [0, 0.05) is 57.5 Å². The number of hydroxylamine groups is 2. The molecule has 0 aromatic carbocycles. The van der Waals surface area contributed by atoms with Gasteiger partial charge in [0.15, 0.2) is 5.65 Å². The molecular weight excluding hydrogens is 412 g/mol. The zero-order chi connectivity index (χ0) is 22.5. The number of aromatic nitrogens is 3. The lowest BCUT2D eigenvalue weighted by Gasteiger charge is -2.31. The Balaban J connectivity index is 1.49. The predicted octanol–water partition coefficient (Wildman–Crippen LogP) is 2.10. The van der Waals surface area contributed by atoms with Gasteiger partial charge in [0.1, 0.15) is 0 Å². The van der Waals surface area contributed by atoms with Gasteiger partial charge in [0.25, 0.3) is 5.91 Å². The van der Waals surface area contributed by atoms with Crippen LogP contribution in [-0.4, -0.2) is 70.1 Å². The molecule has 0 unspecified atom stereocenters. The molecular formula is C22H32N6O4. The van der Waals surface area contributed by atoms with Crippen molar-refractivity contribution in [1.82, 2.24) is 25.1 Å². The molecule has 2 aromatic rings. The summed E-state index contributed by atoms with van der Waals surface area (Å²) in [4.78, 5) is 34.6. The van der Waals surface area contributed by atoms with Crippen LogP contribution in [-0.2, 0) is 20.9 Å². The van der Waals surface area contributed by atoms with E-state index >= 15 is 0 Å². The van der Waals surface area contributed by atoms with Gasteiger partial charge >= 0.3 is 5.97 Å². The van der Waals surface area contributed by atoms with Gasteiger partial charge in [0.05, 0.1) is 22.8 Å². The van der Waals surface area contributed by atoms with Crippen LogP contribution in [0.15, 0.2) is 12.4 Å². The molecule has 10 heteroatoms. The van der Waals surface area contributed by atoms with E-state index in [2.05, 4.69) is 20.7 Å². The summed E-state index contributed by atoms with van der Waals surface area (Å²) in [5.41, 5.74) is 2.08. The first-order chi connectivity index (χ1) is 15.6. The number of hydrogen-bond donors (Lipinski definition) is 2. The minimum atomic E-state index is -0.233. The van der Waals surface area contributed by atoms with Gasteiger partial charge in [-0.2, -0.15) is 5.10 Å². The average Bonchev–Trinajstić information content (AvgIpc) is 3.25. The van der Waals surface area contributed by atoms with Gasteiger partial charge < -0.3 is 20.2 Å². The molecule has 174 valence electrons. The zero-order valence-corrected chi connectivity index (χ0v) is 18.8. The van der Waals surface area contributed by atoms with Crippen molar-refractivity contribution in [3.05, 3.63) is 18.0 Å². The normalized spacial score (nSPS) is 18.6. The number of hydrogen-bond acceptors (Lipinski definition) is 8. The Bertz CT molecular complexity index is 947. The number of ether oxygens (including phenoxy) is 1. The largest absolute Gasteiger partial charge is 0.381 e. The van der Waals surface area contributed by atoms with Crippen LogP contribution in [0.3, 0.4) is 0 Å². The maximum Gasteiger partial charge on any atom is 0.324 e. The van der Waals surface area contributed by atoms with Crippen molar-refractivity contribution in [3.8, 4) is 0 Å². The highest BCUT2D eigenvalue weighted by atomic mass is 16.7. The number of piperidine rings is 1. The third kappa shape index (κ3) is 5.02. The van der Waals surface area contributed by atoms with Crippen LogP contribution in [0.2, 0.25) is 0 Å². The molecule has 0 aliphatic carbocycles. The molecule has 2 saturated heterocycles. The fraction of sp³-hybridized carbons (Fsp3) is 0.636. The summed E-state index contributed by atoms with van der Waals surface area (Å²) in [7, 11) is 0. The van der Waals surface area contributed by atoms with E-state index in [9.17, 15) is 9.59 Å². The van der Waals surface area contributed by atoms with E-state index in [4.69, 9.17) is 9.57 Å². The van der Waals surface area contributed by atoms with Crippen LogP contribution in [0.4, 0.5) is 5.69 Å². The molecule has 0 bridgehead atoms. The lowest BCUT2D eigenvalue weighted by Crippen LogP contribution is -2.45. The Labute approximate surface area is 187 Å². The van der Waals surface area contributed by atoms with Gasteiger partial charge in [0.2, 0.25) is 0 Å². The number of aryl methyl sites for hydroxylation is 1. The first-order valence-electron chi connectivity index (χ1n) is 11.5. The second-order valence-electron chi connectivity index (χ2n) is 8.27. The lowest BCUT2D eigenvalue weighted by atomic mass is 10.0. The highest BCUT2D eigenvalue weighted by Gasteiger charge is 2.26. The number of rotatable bonds is 7. The van der Waals surface area contributed by atoms with Crippen molar-refractivity contribution >= 4 is 28.6 Å². The van der Waals surface area contributed by atoms with E-state index in [0.29, 0.717) is 44.8 Å². The number of fused-ring (bicyclic) bond motifs is 1. The third-order valence-electron chi connectivity index (χ3n) is 6.09. The van der Waals surface area contributed by atoms with E-state index in [1.807, 2.05) is 11.6 Å². The fourth-order valence-electron chi connectivity index (χ4n) is 4.19. The molecule has 0 radical (unpaired) electrons. The molecule has 10 nitrogen and oxygen atoms in total. The second kappa shape index (κ2) is 10.3. The quantitative estimate of drug-likeness (QED) is 0.668. The Hall–Kier alpha value is -2.72. The summed E-state index contributed by atoms with van der Waals surface area (Å²) >= 11 is 0. The number of amides is 1. The van der Waals surface area contributed by atoms with Crippen molar-refractivity contribution in [2.24, 2.45) is 0 Å². The van der Waals surface area contributed by atoms with Crippen LogP contribution in [0.25, 0.3) is 11.0 Å². The van der Waals surface area contributed by atoms with E-state index in [1.54, 1.807) is 24.4 Å². The standard InChI is InChI=1S/C22H32N6O4/c1-3-19(29)32-27-9-5-15(6-10-27)26-22(30)18-13-23-21-17(14-24-28(21)4-2)20(18)25-16-7-11-31-12-8-16/h13-16H,3-12H2,1-2H3,(H,23,25)(H,26,30). The number of nitrogens with zero attached hydrogens (tertiary/aromatic N) is 4.